The van der Waals surface area contributed by atoms with Gasteiger partial charge in [0.25, 0.3) is 5.91 Å². The molecule has 1 aromatic rings. The zero-order valence-electron chi connectivity index (χ0n) is 16.1. The van der Waals surface area contributed by atoms with E-state index in [1.807, 2.05) is 31.2 Å². The van der Waals surface area contributed by atoms with Gasteiger partial charge in [-0.3, -0.25) is 9.59 Å². The molecule has 0 bridgehead atoms. The van der Waals surface area contributed by atoms with Crippen molar-refractivity contribution in [3.05, 3.63) is 40.8 Å². The highest BCUT2D eigenvalue weighted by atomic mass is 32.2. The maximum absolute atomic E-state index is 11.9. The van der Waals surface area contributed by atoms with E-state index in [9.17, 15) is 18.0 Å². The highest BCUT2D eigenvalue weighted by molar-refractivity contribution is 7.92. The van der Waals surface area contributed by atoms with Gasteiger partial charge in [-0.15, -0.1) is 0 Å². The molecule has 28 heavy (non-hydrogen) atoms. The summed E-state index contributed by atoms with van der Waals surface area (Å²) in [6.45, 7) is 1.52. The van der Waals surface area contributed by atoms with Gasteiger partial charge in [0, 0.05) is 18.0 Å². The molecule has 1 saturated carbocycles. The first-order valence-corrected chi connectivity index (χ1v) is 11.1. The summed E-state index contributed by atoms with van der Waals surface area (Å²) in [7, 11) is -3.65. The van der Waals surface area contributed by atoms with E-state index in [4.69, 9.17) is 4.74 Å². The second-order valence-corrected chi connectivity index (χ2v) is 8.62. The summed E-state index contributed by atoms with van der Waals surface area (Å²) in [4.78, 5) is 23.5. The van der Waals surface area contributed by atoms with Crippen LogP contribution in [-0.2, 0) is 24.3 Å². The molecule has 2 rings (SSSR count). The summed E-state index contributed by atoms with van der Waals surface area (Å²) < 4.78 is 31.1. The summed E-state index contributed by atoms with van der Waals surface area (Å²) in [5, 5.41) is 3.91. The number of amides is 1. The molecule has 8 heteroatoms. The van der Waals surface area contributed by atoms with E-state index in [0.29, 0.717) is 0 Å². The molecular formula is C20H28N2O5S. The van der Waals surface area contributed by atoms with Crippen LogP contribution in [0.5, 0.6) is 0 Å². The normalized spacial score (nSPS) is 15.5. The maximum atomic E-state index is 11.9. The number of benzene rings is 1. The van der Waals surface area contributed by atoms with E-state index in [1.165, 1.54) is 12.5 Å². The average molecular weight is 409 g/mol. The molecule has 0 radical (unpaired) electrons. The van der Waals surface area contributed by atoms with Crippen LogP contribution in [-0.4, -0.2) is 39.5 Å². The summed E-state index contributed by atoms with van der Waals surface area (Å²) >= 11 is 0. The van der Waals surface area contributed by atoms with E-state index in [-0.39, 0.29) is 31.5 Å². The van der Waals surface area contributed by atoms with Crippen molar-refractivity contribution in [2.45, 2.75) is 51.5 Å². The lowest BCUT2D eigenvalue weighted by Gasteiger charge is -2.22. The molecule has 0 saturated heterocycles. The third-order valence-electron chi connectivity index (χ3n) is 4.48. The van der Waals surface area contributed by atoms with Crippen molar-refractivity contribution in [3.8, 4) is 0 Å². The summed E-state index contributed by atoms with van der Waals surface area (Å²) in [6.07, 6.45) is 6.64. The minimum atomic E-state index is -3.65. The molecule has 1 aromatic carbocycles. The molecule has 2 N–H and O–H groups in total. The van der Waals surface area contributed by atoms with E-state index in [0.717, 1.165) is 42.2 Å². The Labute approximate surface area is 166 Å². The monoisotopic (exact) mass is 408 g/mol. The van der Waals surface area contributed by atoms with Gasteiger partial charge in [0.15, 0.2) is 6.61 Å². The first-order chi connectivity index (χ1) is 13.3. The minimum Gasteiger partial charge on any atom is -0.456 e. The molecule has 1 amide bonds. The Balaban J connectivity index is 1.64. The Hall–Kier alpha value is -2.19. The second kappa shape index (κ2) is 11.0. The first-order valence-electron chi connectivity index (χ1n) is 9.53. The zero-order chi connectivity index (χ0) is 20.4. The number of hydrogen-bond acceptors (Lipinski definition) is 5. The molecule has 154 valence electrons. The van der Waals surface area contributed by atoms with E-state index >= 15 is 0 Å². The van der Waals surface area contributed by atoms with Crippen molar-refractivity contribution in [1.82, 2.24) is 10.0 Å². The Bertz CT molecular complexity index is 781. The zero-order valence-corrected chi connectivity index (χ0v) is 17.0. The first kappa shape index (κ1) is 22.1. The number of esters is 1. The van der Waals surface area contributed by atoms with Crippen molar-refractivity contribution < 1.29 is 22.7 Å². The molecule has 0 aromatic heterocycles. The molecule has 0 aliphatic heterocycles. The number of carbonyl (C=O) groups excluding carboxylic acids is 2. The van der Waals surface area contributed by atoms with Crippen LogP contribution in [0.4, 0.5) is 0 Å². The molecule has 0 atom stereocenters. The van der Waals surface area contributed by atoms with Gasteiger partial charge in [0.05, 0.1) is 6.42 Å². The highest BCUT2D eigenvalue weighted by Gasteiger charge is 2.16. The van der Waals surface area contributed by atoms with Crippen LogP contribution in [0.25, 0.3) is 6.08 Å². The quantitative estimate of drug-likeness (QED) is 0.611. The highest BCUT2D eigenvalue weighted by Crippen LogP contribution is 2.17. The van der Waals surface area contributed by atoms with Gasteiger partial charge < -0.3 is 10.1 Å². The molecule has 0 spiro atoms. The van der Waals surface area contributed by atoms with E-state index in [2.05, 4.69) is 10.0 Å². The Kier molecular flexibility index (Phi) is 8.66. The number of rotatable bonds is 9. The average Bonchev–Trinajstić information content (AvgIpc) is 2.67. The number of hydrogen-bond donors (Lipinski definition) is 2. The van der Waals surface area contributed by atoms with Gasteiger partial charge >= 0.3 is 5.97 Å². The van der Waals surface area contributed by atoms with Gasteiger partial charge in [-0.05, 0) is 31.4 Å². The lowest BCUT2D eigenvalue weighted by Crippen LogP contribution is -2.38. The fourth-order valence-electron chi connectivity index (χ4n) is 2.92. The molecule has 1 aliphatic rings. The smallest absolute Gasteiger partial charge is 0.307 e. The van der Waals surface area contributed by atoms with Gasteiger partial charge in [-0.25, -0.2) is 13.1 Å². The van der Waals surface area contributed by atoms with Crippen molar-refractivity contribution in [3.63, 3.8) is 0 Å². The number of ether oxygens (including phenoxy) is 1. The van der Waals surface area contributed by atoms with E-state index < -0.39 is 16.0 Å². The third kappa shape index (κ3) is 8.67. The fourth-order valence-corrected chi connectivity index (χ4v) is 3.74. The van der Waals surface area contributed by atoms with Crippen molar-refractivity contribution >= 4 is 28.0 Å². The van der Waals surface area contributed by atoms with Crippen LogP contribution in [0.1, 0.15) is 49.7 Å². The lowest BCUT2D eigenvalue weighted by atomic mass is 9.95. The van der Waals surface area contributed by atoms with Crippen LogP contribution in [0.3, 0.4) is 0 Å². The fraction of sp³-hybridized carbons (Fsp3) is 0.500. The Morgan fingerprint density at radius 1 is 1.14 bits per heavy atom. The largest absolute Gasteiger partial charge is 0.456 e. The van der Waals surface area contributed by atoms with Crippen LogP contribution in [0.2, 0.25) is 0 Å². The number of aryl methyl sites for hydroxylation is 1. The molecule has 0 unspecified atom stereocenters. The number of nitrogens with one attached hydrogen (secondary N) is 2. The maximum Gasteiger partial charge on any atom is 0.307 e. The second-order valence-electron chi connectivity index (χ2n) is 6.97. The number of sulfonamides is 1. The summed E-state index contributed by atoms with van der Waals surface area (Å²) in [5.41, 5.74) is 1.85. The topological polar surface area (TPSA) is 102 Å². The number of carbonyl (C=O) groups is 2. The SMILES string of the molecule is Cc1ccc(/C=C/S(=O)(=O)NCCC(=O)OCC(=O)NC2CCCCC2)cc1. The van der Waals surface area contributed by atoms with Gasteiger partial charge in [-0.1, -0.05) is 49.1 Å². The molecular weight excluding hydrogens is 380 g/mol. The predicted octanol–water partition coefficient (Wildman–Crippen LogP) is 2.27. The van der Waals surface area contributed by atoms with Crippen molar-refractivity contribution in [1.29, 1.82) is 0 Å². The standard InChI is InChI=1S/C20H28N2O5S/c1-16-7-9-17(10-8-16)12-14-28(25,26)21-13-11-20(24)27-15-19(23)22-18-5-3-2-4-6-18/h7-10,12,14,18,21H,2-6,11,13,15H2,1H3,(H,22,23)/b14-12+. The van der Waals surface area contributed by atoms with Gasteiger partial charge in [-0.2, -0.15) is 0 Å². The molecule has 1 fully saturated rings. The van der Waals surface area contributed by atoms with Crippen molar-refractivity contribution in [2.75, 3.05) is 13.2 Å². The van der Waals surface area contributed by atoms with Gasteiger partial charge in [0.2, 0.25) is 10.0 Å². The van der Waals surface area contributed by atoms with Gasteiger partial charge in [0.1, 0.15) is 0 Å². The molecule has 0 heterocycles. The third-order valence-corrected chi connectivity index (χ3v) is 5.58. The van der Waals surface area contributed by atoms with E-state index in [1.54, 1.807) is 0 Å². The summed E-state index contributed by atoms with van der Waals surface area (Å²) in [6, 6.07) is 7.57. The Morgan fingerprint density at radius 2 is 1.82 bits per heavy atom. The van der Waals surface area contributed by atoms with Crippen LogP contribution in [0.15, 0.2) is 29.7 Å². The molecule has 1 aliphatic carbocycles. The van der Waals surface area contributed by atoms with Crippen LogP contribution in [0, 0.1) is 6.92 Å². The van der Waals surface area contributed by atoms with Crippen LogP contribution >= 0.6 is 0 Å². The predicted molar refractivity (Wildman–Crippen MR) is 108 cm³/mol. The van der Waals surface area contributed by atoms with Crippen molar-refractivity contribution in [2.24, 2.45) is 0 Å². The summed E-state index contributed by atoms with van der Waals surface area (Å²) in [5.74, 6) is -0.939. The molecule has 7 nitrogen and oxygen atoms in total. The Morgan fingerprint density at radius 3 is 2.50 bits per heavy atom. The van der Waals surface area contributed by atoms with Crippen LogP contribution < -0.4 is 10.0 Å². The lowest BCUT2D eigenvalue weighted by molar-refractivity contribution is -0.148. The minimum absolute atomic E-state index is 0.0936.